The molecule has 0 unspecified atom stereocenters. The van der Waals surface area contributed by atoms with Crippen LogP contribution in [0.5, 0.6) is 0 Å². The van der Waals surface area contributed by atoms with Crippen LogP contribution in [0.15, 0.2) is 72.8 Å². The number of halogens is 1. The minimum absolute atomic E-state index is 0.155. The number of rotatable bonds is 4. The number of aromatic nitrogens is 1. The highest BCUT2D eigenvalue weighted by atomic mass is 35.5. The molecule has 1 heterocycles. The number of aryl methyl sites for hydroxylation is 2. The van der Waals surface area contributed by atoms with Crippen molar-refractivity contribution < 1.29 is 4.79 Å². The number of pyridine rings is 1. The Balaban J connectivity index is 1.88. The molecule has 1 amide bonds. The third-order valence-electron chi connectivity index (χ3n) is 5.13. The fourth-order valence-corrected chi connectivity index (χ4v) is 3.64. The van der Waals surface area contributed by atoms with E-state index in [1.54, 1.807) is 0 Å². The molecule has 144 valence electrons. The summed E-state index contributed by atoms with van der Waals surface area (Å²) in [5, 5.41) is 4.51. The van der Waals surface area contributed by atoms with Crippen LogP contribution in [0.25, 0.3) is 22.2 Å². The average Bonchev–Trinajstić information content (AvgIpc) is 2.76. The summed E-state index contributed by atoms with van der Waals surface area (Å²) in [5.74, 6) is -0.155. The van der Waals surface area contributed by atoms with Crippen LogP contribution in [0.2, 0.25) is 5.02 Å². The van der Waals surface area contributed by atoms with Crippen molar-refractivity contribution in [1.82, 2.24) is 4.98 Å². The zero-order chi connectivity index (χ0) is 20.4. The maximum absolute atomic E-state index is 13.3. The highest BCUT2D eigenvalue weighted by Crippen LogP contribution is 2.31. The molecule has 0 fully saturated rings. The van der Waals surface area contributed by atoms with Crippen molar-refractivity contribution >= 4 is 34.1 Å². The first kappa shape index (κ1) is 19.2. The standard InChI is InChI=1S/C25H21ClN2O/c1-3-17-9-7-8-12-22(17)28-25(29)20-15-23(18-10-5-4-6-11-18)27-24-16(2)21(26)14-13-19(20)24/h4-15H,3H2,1-2H3,(H,28,29). The smallest absolute Gasteiger partial charge is 0.256 e. The summed E-state index contributed by atoms with van der Waals surface area (Å²) in [6, 6.07) is 23.3. The molecule has 1 aromatic heterocycles. The SMILES string of the molecule is CCc1ccccc1NC(=O)c1cc(-c2ccccc2)nc2c(C)c(Cl)ccc12. The van der Waals surface area contributed by atoms with Gasteiger partial charge in [0.1, 0.15) is 0 Å². The van der Waals surface area contributed by atoms with Crippen molar-refractivity contribution in [3.63, 3.8) is 0 Å². The van der Waals surface area contributed by atoms with Crippen molar-refractivity contribution in [2.24, 2.45) is 0 Å². The molecule has 0 aliphatic rings. The number of para-hydroxylation sites is 1. The van der Waals surface area contributed by atoms with Crippen LogP contribution in [0, 0.1) is 6.92 Å². The van der Waals surface area contributed by atoms with Gasteiger partial charge in [0.15, 0.2) is 0 Å². The summed E-state index contributed by atoms with van der Waals surface area (Å²) in [6.07, 6.45) is 0.845. The number of nitrogens with one attached hydrogen (secondary N) is 1. The topological polar surface area (TPSA) is 42.0 Å². The van der Waals surface area contributed by atoms with Gasteiger partial charge in [0.25, 0.3) is 5.91 Å². The number of amides is 1. The largest absolute Gasteiger partial charge is 0.322 e. The normalized spacial score (nSPS) is 10.9. The number of carbonyl (C=O) groups excluding carboxylic acids is 1. The van der Waals surface area contributed by atoms with E-state index >= 15 is 0 Å². The fourth-order valence-electron chi connectivity index (χ4n) is 3.49. The summed E-state index contributed by atoms with van der Waals surface area (Å²) in [4.78, 5) is 18.1. The molecular formula is C25H21ClN2O. The molecule has 1 N–H and O–H groups in total. The Hall–Kier alpha value is -3.17. The van der Waals surface area contributed by atoms with Crippen LogP contribution in [0.4, 0.5) is 5.69 Å². The van der Waals surface area contributed by atoms with E-state index in [1.165, 1.54) is 0 Å². The van der Waals surface area contributed by atoms with E-state index in [4.69, 9.17) is 16.6 Å². The molecular weight excluding hydrogens is 380 g/mol. The molecule has 0 aliphatic heterocycles. The molecule has 29 heavy (non-hydrogen) atoms. The van der Waals surface area contributed by atoms with E-state index in [0.29, 0.717) is 10.6 Å². The number of benzene rings is 3. The van der Waals surface area contributed by atoms with Gasteiger partial charge in [-0.15, -0.1) is 0 Å². The van der Waals surface area contributed by atoms with E-state index in [2.05, 4.69) is 12.2 Å². The predicted molar refractivity (Wildman–Crippen MR) is 121 cm³/mol. The van der Waals surface area contributed by atoms with Crippen LogP contribution < -0.4 is 5.32 Å². The number of anilines is 1. The van der Waals surface area contributed by atoms with Crippen molar-refractivity contribution in [2.75, 3.05) is 5.32 Å². The van der Waals surface area contributed by atoms with E-state index in [1.807, 2.05) is 79.7 Å². The highest BCUT2D eigenvalue weighted by molar-refractivity contribution is 6.32. The summed E-state index contributed by atoms with van der Waals surface area (Å²) in [6.45, 7) is 4.01. The summed E-state index contributed by atoms with van der Waals surface area (Å²) in [7, 11) is 0. The number of carbonyl (C=O) groups is 1. The first-order valence-corrected chi connectivity index (χ1v) is 10.0. The van der Waals surface area contributed by atoms with E-state index in [-0.39, 0.29) is 5.91 Å². The van der Waals surface area contributed by atoms with Gasteiger partial charge in [0.2, 0.25) is 0 Å². The lowest BCUT2D eigenvalue weighted by Crippen LogP contribution is -2.14. The van der Waals surface area contributed by atoms with Crippen LogP contribution in [-0.4, -0.2) is 10.9 Å². The lowest BCUT2D eigenvalue weighted by Gasteiger charge is -2.14. The van der Waals surface area contributed by atoms with Crippen molar-refractivity contribution in [3.8, 4) is 11.3 Å². The number of fused-ring (bicyclic) bond motifs is 1. The molecule has 0 saturated heterocycles. The lowest BCUT2D eigenvalue weighted by molar-refractivity contribution is 0.102. The Bertz CT molecular complexity index is 1200. The number of nitrogens with zero attached hydrogens (tertiary/aromatic N) is 1. The molecule has 0 radical (unpaired) electrons. The Morgan fingerprint density at radius 1 is 1.00 bits per heavy atom. The Morgan fingerprint density at radius 2 is 1.72 bits per heavy atom. The minimum Gasteiger partial charge on any atom is -0.322 e. The third kappa shape index (κ3) is 3.74. The van der Waals surface area contributed by atoms with Gasteiger partial charge in [-0.05, 0) is 42.7 Å². The monoisotopic (exact) mass is 400 g/mol. The zero-order valence-corrected chi connectivity index (χ0v) is 17.1. The second-order valence-corrected chi connectivity index (χ2v) is 7.36. The molecule has 0 atom stereocenters. The molecule has 0 bridgehead atoms. The molecule has 3 aromatic carbocycles. The summed E-state index contributed by atoms with van der Waals surface area (Å²) < 4.78 is 0. The molecule has 4 aromatic rings. The maximum atomic E-state index is 13.3. The van der Waals surface area contributed by atoms with Crippen molar-refractivity contribution in [2.45, 2.75) is 20.3 Å². The molecule has 0 aliphatic carbocycles. The Morgan fingerprint density at radius 3 is 2.48 bits per heavy atom. The first-order chi connectivity index (χ1) is 14.1. The second kappa shape index (κ2) is 8.06. The summed E-state index contributed by atoms with van der Waals surface area (Å²) >= 11 is 6.35. The molecule has 4 heteroatoms. The first-order valence-electron chi connectivity index (χ1n) is 9.63. The van der Waals surface area contributed by atoms with Gasteiger partial charge in [-0.25, -0.2) is 4.98 Å². The second-order valence-electron chi connectivity index (χ2n) is 6.95. The van der Waals surface area contributed by atoms with Gasteiger partial charge in [-0.2, -0.15) is 0 Å². The van der Waals surface area contributed by atoms with Gasteiger partial charge in [-0.3, -0.25) is 4.79 Å². The van der Waals surface area contributed by atoms with E-state index < -0.39 is 0 Å². The van der Waals surface area contributed by atoms with Crippen LogP contribution in [0.1, 0.15) is 28.4 Å². The van der Waals surface area contributed by atoms with Crippen LogP contribution >= 0.6 is 11.6 Å². The quantitative estimate of drug-likeness (QED) is 0.415. The molecule has 0 spiro atoms. The predicted octanol–water partition coefficient (Wildman–Crippen LogP) is 6.68. The maximum Gasteiger partial charge on any atom is 0.256 e. The summed E-state index contributed by atoms with van der Waals surface area (Å²) in [5.41, 5.74) is 5.82. The molecule has 0 saturated carbocycles. The van der Waals surface area contributed by atoms with Crippen LogP contribution in [0.3, 0.4) is 0 Å². The number of hydrogen-bond donors (Lipinski definition) is 1. The van der Waals surface area contributed by atoms with Gasteiger partial charge in [0.05, 0.1) is 16.8 Å². The van der Waals surface area contributed by atoms with Crippen molar-refractivity contribution in [3.05, 3.63) is 94.5 Å². The van der Waals surface area contributed by atoms with Gasteiger partial charge in [0, 0.05) is 21.7 Å². The van der Waals surface area contributed by atoms with Crippen LogP contribution in [-0.2, 0) is 6.42 Å². The highest BCUT2D eigenvalue weighted by Gasteiger charge is 2.17. The zero-order valence-electron chi connectivity index (χ0n) is 16.4. The van der Waals surface area contributed by atoms with E-state index in [0.717, 1.165) is 45.4 Å². The number of hydrogen-bond acceptors (Lipinski definition) is 2. The van der Waals surface area contributed by atoms with Gasteiger partial charge in [-0.1, -0.05) is 73.1 Å². The van der Waals surface area contributed by atoms with Gasteiger partial charge < -0.3 is 5.32 Å². The third-order valence-corrected chi connectivity index (χ3v) is 5.54. The minimum atomic E-state index is -0.155. The molecule has 4 rings (SSSR count). The average molecular weight is 401 g/mol. The van der Waals surface area contributed by atoms with E-state index in [9.17, 15) is 4.79 Å². The molecule has 3 nitrogen and oxygen atoms in total. The lowest BCUT2D eigenvalue weighted by atomic mass is 10.0. The fraction of sp³-hybridized carbons (Fsp3) is 0.120. The Kier molecular flexibility index (Phi) is 5.32. The van der Waals surface area contributed by atoms with Crippen molar-refractivity contribution in [1.29, 1.82) is 0 Å². The van der Waals surface area contributed by atoms with Gasteiger partial charge >= 0.3 is 0 Å². The Labute approximate surface area is 175 Å².